The molecule has 2 aromatic heterocycles. The van der Waals surface area contributed by atoms with E-state index in [0.717, 1.165) is 33.6 Å². The highest BCUT2D eigenvalue weighted by molar-refractivity contribution is 7.19. The standard InChI is InChI=1S/C21H21ClFN5OS/c1-27(2)8-3-4-18(29)28-9-7-14-17(11-28)30-21-19(14)20(24-12-25-21)26-13-5-6-15(22)16(23)10-13/h3-6,10,12H,7-9,11H2,1-2H3,(H,24,25,26)/b4-3+. The molecular weight excluding hydrogens is 425 g/mol. The number of nitrogens with one attached hydrogen (secondary N) is 1. The first-order chi connectivity index (χ1) is 14.4. The van der Waals surface area contributed by atoms with Gasteiger partial charge in [-0.05, 0) is 44.3 Å². The van der Waals surface area contributed by atoms with E-state index >= 15 is 0 Å². The zero-order valence-corrected chi connectivity index (χ0v) is 18.2. The van der Waals surface area contributed by atoms with Crippen LogP contribution in [0.1, 0.15) is 10.4 Å². The van der Waals surface area contributed by atoms with Crippen molar-refractivity contribution in [1.29, 1.82) is 0 Å². The molecule has 0 aliphatic carbocycles. The number of likely N-dealkylation sites (N-methyl/N-ethyl adjacent to an activating group) is 1. The first kappa shape index (κ1) is 20.7. The lowest BCUT2D eigenvalue weighted by atomic mass is 10.0. The minimum Gasteiger partial charge on any atom is -0.339 e. The Morgan fingerprint density at radius 2 is 2.23 bits per heavy atom. The highest BCUT2D eigenvalue weighted by atomic mass is 35.5. The number of rotatable bonds is 5. The van der Waals surface area contributed by atoms with Gasteiger partial charge in [-0.25, -0.2) is 14.4 Å². The monoisotopic (exact) mass is 445 g/mol. The summed E-state index contributed by atoms with van der Waals surface area (Å²) in [6.07, 6.45) is 5.73. The van der Waals surface area contributed by atoms with Crippen LogP contribution in [0.15, 0.2) is 36.7 Å². The summed E-state index contributed by atoms with van der Waals surface area (Å²) in [5.74, 6) is 0.154. The number of anilines is 2. The van der Waals surface area contributed by atoms with Gasteiger partial charge < -0.3 is 15.1 Å². The van der Waals surface area contributed by atoms with Crippen molar-refractivity contribution < 1.29 is 9.18 Å². The van der Waals surface area contributed by atoms with Crippen LogP contribution in [0.3, 0.4) is 0 Å². The molecule has 9 heteroatoms. The van der Waals surface area contributed by atoms with Gasteiger partial charge in [0, 0.05) is 29.7 Å². The van der Waals surface area contributed by atoms with Crippen molar-refractivity contribution in [1.82, 2.24) is 19.8 Å². The summed E-state index contributed by atoms with van der Waals surface area (Å²) < 4.78 is 13.8. The van der Waals surface area contributed by atoms with E-state index < -0.39 is 5.82 Å². The van der Waals surface area contributed by atoms with Crippen molar-refractivity contribution in [2.24, 2.45) is 0 Å². The molecule has 0 fully saturated rings. The van der Waals surface area contributed by atoms with Crippen LogP contribution in [0.2, 0.25) is 5.02 Å². The van der Waals surface area contributed by atoms with Gasteiger partial charge in [-0.1, -0.05) is 17.7 Å². The molecule has 0 radical (unpaired) electrons. The summed E-state index contributed by atoms with van der Waals surface area (Å²) in [6.45, 7) is 1.91. The van der Waals surface area contributed by atoms with Crippen LogP contribution >= 0.6 is 22.9 Å². The molecule has 1 aromatic carbocycles. The predicted molar refractivity (Wildman–Crippen MR) is 119 cm³/mol. The van der Waals surface area contributed by atoms with Gasteiger partial charge in [0.05, 0.1) is 17.0 Å². The topological polar surface area (TPSA) is 61.4 Å². The number of thiophene rings is 1. The van der Waals surface area contributed by atoms with Crippen LogP contribution in [-0.2, 0) is 17.8 Å². The number of hydrogen-bond donors (Lipinski definition) is 1. The molecule has 6 nitrogen and oxygen atoms in total. The zero-order valence-electron chi connectivity index (χ0n) is 16.7. The highest BCUT2D eigenvalue weighted by Gasteiger charge is 2.25. The Morgan fingerprint density at radius 1 is 1.40 bits per heavy atom. The Morgan fingerprint density at radius 3 is 3.00 bits per heavy atom. The number of hydrogen-bond acceptors (Lipinski definition) is 6. The van der Waals surface area contributed by atoms with Crippen LogP contribution in [0.4, 0.5) is 15.9 Å². The van der Waals surface area contributed by atoms with Crippen LogP contribution in [0, 0.1) is 5.82 Å². The number of carbonyl (C=O) groups is 1. The Hall–Kier alpha value is -2.55. The predicted octanol–water partition coefficient (Wildman–Crippen LogP) is 4.23. The molecule has 0 saturated carbocycles. The van der Waals surface area contributed by atoms with Gasteiger partial charge in [0.2, 0.25) is 5.91 Å². The first-order valence-corrected chi connectivity index (χ1v) is 10.7. The van der Waals surface area contributed by atoms with E-state index in [1.165, 1.54) is 18.5 Å². The molecule has 1 aliphatic heterocycles. The fourth-order valence-corrected chi connectivity index (χ4v) is 4.71. The number of fused-ring (bicyclic) bond motifs is 3. The number of carbonyl (C=O) groups excluding carboxylic acids is 1. The molecule has 30 heavy (non-hydrogen) atoms. The summed E-state index contributed by atoms with van der Waals surface area (Å²) in [7, 11) is 3.93. The van der Waals surface area contributed by atoms with Crippen molar-refractivity contribution in [2.75, 3.05) is 32.5 Å². The largest absolute Gasteiger partial charge is 0.339 e. The van der Waals surface area contributed by atoms with Crippen LogP contribution < -0.4 is 5.32 Å². The zero-order chi connectivity index (χ0) is 21.3. The Kier molecular flexibility index (Phi) is 5.99. The molecule has 0 saturated heterocycles. The number of benzene rings is 1. The lowest BCUT2D eigenvalue weighted by Gasteiger charge is -2.26. The first-order valence-electron chi connectivity index (χ1n) is 9.50. The fraction of sp³-hybridized carbons (Fsp3) is 0.286. The summed E-state index contributed by atoms with van der Waals surface area (Å²) >= 11 is 7.34. The van der Waals surface area contributed by atoms with E-state index in [1.807, 2.05) is 30.0 Å². The molecule has 0 bridgehead atoms. The second-order valence-corrected chi connectivity index (χ2v) is 8.83. The van der Waals surface area contributed by atoms with Gasteiger partial charge in [-0.2, -0.15) is 0 Å². The van der Waals surface area contributed by atoms with E-state index in [1.54, 1.807) is 23.5 Å². The molecule has 156 valence electrons. The highest BCUT2D eigenvalue weighted by Crippen LogP contribution is 2.38. The van der Waals surface area contributed by atoms with Crippen molar-refractivity contribution in [3.8, 4) is 0 Å². The van der Waals surface area contributed by atoms with Crippen molar-refractivity contribution in [3.63, 3.8) is 0 Å². The molecule has 0 spiro atoms. The molecule has 3 aromatic rings. The second kappa shape index (κ2) is 8.67. The Balaban J connectivity index is 1.59. The van der Waals surface area contributed by atoms with Crippen LogP contribution in [0.25, 0.3) is 10.2 Å². The van der Waals surface area contributed by atoms with Crippen molar-refractivity contribution in [3.05, 3.63) is 58.0 Å². The SMILES string of the molecule is CN(C)C/C=C/C(=O)N1CCc2c(sc3ncnc(Nc4ccc(Cl)c(F)c4)c23)C1. The van der Waals surface area contributed by atoms with E-state index in [9.17, 15) is 9.18 Å². The number of nitrogens with zero attached hydrogens (tertiary/aromatic N) is 4. The molecular formula is C21H21ClFN5OS. The molecule has 1 amide bonds. The van der Waals surface area contributed by atoms with Crippen molar-refractivity contribution >= 4 is 50.6 Å². The average molecular weight is 446 g/mol. The van der Waals surface area contributed by atoms with E-state index in [2.05, 4.69) is 15.3 Å². The third-order valence-electron chi connectivity index (χ3n) is 4.86. The molecule has 1 aliphatic rings. The molecule has 0 atom stereocenters. The fourth-order valence-electron chi connectivity index (χ4n) is 3.39. The minimum absolute atomic E-state index is 0.0148. The number of aromatic nitrogens is 2. The van der Waals surface area contributed by atoms with Crippen LogP contribution in [-0.4, -0.2) is 52.9 Å². The molecule has 4 rings (SSSR count). The van der Waals surface area contributed by atoms with Gasteiger partial charge in [-0.15, -0.1) is 11.3 Å². The van der Waals surface area contributed by atoms with Gasteiger partial charge in [0.1, 0.15) is 22.8 Å². The summed E-state index contributed by atoms with van der Waals surface area (Å²) in [4.78, 5) is 27.1. The maximum atomic E-state index is 13.8. The maximum Gasteiger partial charge on any atom is 0.246 e. The molecule has 0 unspecified atom stereocenters. The van der Waals surface area contributed by atoms with E-state index in [0.29, 0.717) is 24.6 Å². The average Bonchev–Trinajstić information content (AvgIpc) is 3.09. The Bertz CT molecular complexity index is 1130. The van der Waals surface area contributed by atoms with Gasteiger partial charge in [0.15, 0.2) is 0 Å². The lowest BCUT2D eigenvalue weighted by molar-refractivity contribution is -0.126. The van der Waals surface area contributed by atoms with E-state index in [4.69, 9.17) is 11.6 Å². The van der Waals surface area contributed by atoms with Gasteiger partial charge in [-0.3, -0.25) is 4.79 Å². The third-order valence-corrected chi connectivity index (χ3v) is 6.29. The normalized spacial score (nSPS) is 14.0. The quantitative estimate of drug-likeness (QED) is 0.595. The lowest BCUT2D eigenvalue weighted by Crippen LogP contribution is -2.34. The second-order valence-electron chi connectivity index (χ2n) is 7.33. The number of amides is 1. The Labute approximate surface area is 183 Å². The summed E-state index contributed by atoms with van der Waals surface area (Å²) in [6, 6.07) is 4.56. The third kappa shape index (κ3) is 4.30. The summed E-state index contributed by atoms with van der Waals surface area (Å²) in [5, 5.41) is 4.19. The minimum atomic E-state index is -0.490. The van der Waals surface area contributed by atoms with Crippen LogP contribution in [0.5, 0.6) is 0 Å². The molecule has 1 N–H and O–H groups in total. The maximum absolute atomic E-state index is 13.8. The van der Waals surface area contributed by atoms with E-state index in [-0.39, 0.29) is 10.9 Å². The smallest absolute Gasteiger partial charge is 0.246 e. The molecule has 3 heterocycles. The van der Waals surface area contributed by atoms with Gasteiger partial charge in [0.25, 0.3) is 0 Å². The number of halogens is 2. The summed E-state index contributed by atoms with van der Waals surface area (Å²) in [5.41, 5.74) is 1.71. The van der Waals surface area contributed by atoms with Gasteiger partial charge >= 0.3 is 0 Å². The van der Waals surface area contributed by atoms with Crippen molar-refractivity contribution in [2.45, 2.75) is 13.0 Å².